The minimum Gasteiger partial charge on any atom is -0.465 e. The molecule has 0 unspecified atom stereocenters. The first-order valence-electron chi connectivity index (χ1n) is 12.2. The quantitative estimate of drug-likeness (QED) is 0.244. The van der Waals surface area contributed by atoms with Crippen molar-refractivity contribution in [3.05, 3.63) is 94.9 Å². The first-order chi connectivity index (χ1) is 17.5. The van der Waals surface area contributed by atoms with E-state index in [0.29, 0.717) is 38.3 Å². The third-order valence-corrected chi connectivity index (χ3v) is 5.94. The highest BCUT2D eigenvalue weighted by Gasteiger charge is 2.20. The average molecular weight is 493 g/mol. The minimum atomic E-state index is -0.375. The van der Waals surface area contributed by atoms with E-state index in [1.165, 1.54) is 12.7 Å². The number of methoxy groups -OCH3 is 2. The van der Waals surface area contributed by atoms with Crippen LogP contribution in [0.1, 0.15) is 39.4 Å². The molecule has 0 saturated carbocycles. The summed E-state index contributed by atoms with van der Waals surface area (Å²) in [5.74, 6) is 1.25. The highest BCUT2D eigenvalue weighted by Crippen LogP contribution is 2.14. The summed E-state index contributed by atoms with van der Waals surface area (Å²) in [5.41, 5.74) is 2.62. The number of furan rings is 1. The van der Waals surface area contributed by atoms with Gasteiger partial charge in [-0.15, -0.1) is 0 Å². The van der Waals surface area contributed by atoms with Crippen molar-refractivity contribution in [2.24, 2.45) is 0 Å². The maximum Gasteiger partial charge on any atom is 0.337 e. The average Bonchev–Trinajstić information content (AvgIpc) is 3.31. The monoisotopic (exact) mass is 492 g/mol. The molecular weight excluding hydrogens is 456 g/mol. The SMILES string of the molecule is COCCCN(CC(=O)N(CCc1ccccc1)Cc1ccc(C)o1)Cc1cccc(C(=O)OC)c1. The Morgan fingerprint density at radius 1 is 0.889 bits per heavy atom. The summed E-state index contributed by atoms with van der Waals surface area (Å²) in [6.45, 7) is 4.99. The standard InChI is InChI=1S/C29H36N2O5/c1-23-13-14-27(36-23)21-31(17-15-24-9-5-4-6-10-24)28(32)22-30(16-8-18-34-2)20-25-11-7-12-26(19-25)29(33)35-3/h4-7,9-14,19H,8,15-18,20-22H2,1-3H3. The number of ether oxygens (including phenoxy) is 2. The van der Waals surface area contributed by atoms with Gasteiger partial charge in [-0.2, -0.15) is 0 Å². The molecule has 192 valence electrons. The van der Waals surface area contributed by atoms with Crippen molar-refractivity contribution in [3.8, 4) is 0 Å². The van der Waals surface area contributed by atoms with Gasteiger partial charge >= 0.3 is 5.97 Å². The van der Waals surface area contributed by atoms with Crippen molar-refractivity contribution in [3.63, 3.8) is 0 Å². The van der Waals surface area contributed by atoms with Gasteiger partial charge in [0.2, 0.25) is 5.91 Å². The van der Waals surface area contributed by atoms with Crippen molar-refractivity contribution in [1.82, 2.24) is 9.80 Å². The molecule has 7 heteroatoms. The van der Waals surface area contributed by atoms with Gasteiger partial charge in [0.1, 0.15) is 11.5 Å². The van der Waals surface area contributed by atoms with Crippen LogP contribution in [-0.4, -0.2) is 62.1 Å². The Labute approximate surface area is 213 Å². The van der Waals surface area contributed by atoms with Gasteiger partial charge in [0.05, 0.1) is 25.8 Å². The van der Waals surface area contributed by atoms with Crippen molar-refractivity contribution in [2.45, 2.75) is 32.9 Å². The van der Waals surface area contributed by atoms with Crippen molar-refractivity contribution in [1.29, 1.82) is 0 Å². The number of rotatable bonds is 14. The van der Waals surface area contributed by atoms with Gasteiger partial charge in [0.25, 0.3) is 0 Å². The topological polar surface area (TPSA) is 72.2 Å². The number of nitrogens with zero attached hydrogens (tertiary/aromatic N) is 2. The molecule has 3 rings (SSSR count). The van der Waals surface area contributed by atoms with Crippen LogP contribution in [0.5, 0.6) is 0 Å². The van der Waals surface area contributed by atoms with Gasteiger partial charge in [-0.1, -0.05) is 42.5 Å². The molecule has 0 aliphatic carbocycles. The van der Waals surface area contributed by atoms with E-state index in [9.17, 15) is 9.59 Å². The maximum atomic E-state index is 13.6. The van der Waals surface area contributed by atoms with Gasteiger partial charge in [-0.05, 0) is 55.2 Å². The Hall–Kier alpha value is -3.42. The van der Waals surface area contributed by atoms with E-state index in [2.05, 4.69) is 17.0 Å². The lowest BCUT2D eigenvalue weighted by Gasteiger charge is -2.27. The van der Waals surface area contributed by atoms with E-state index < -0.39 is 0 Å². The normalized spacial score (nSPS) is 11.0. The molecule has 0 spiro atoms. The van der Waals surface area contributed by atoms with Crippen molar-refractivity contribution >= 4 is 11.9 Å². The number of aryl methyl sites for hydroxylation is 1. The smallest absolute Gasteiger partial charge is 0.337 e. The van der Waals surface area contributed by atoms with Gasteiger partial charge in [-0.25, -0.2) is 4.79 Å². The third-order valence-electron chi connectivity index (χ3n) is 5.94. The molecule has 36 heavy (non-hydrogen) atoms. The zero-order valence-corrected chi connectivity index (χ0v) is 21.4. The van der Waals surface area contributed by atoms with Gasteiger partial charge in [0, 0.05) is 33.4 Å². The summed E-state index contributed by atoms with van der Waals surface area (Å²) in [6, 6.07) is 21.3. The number of amides is 1. The van der Waals surface area contributed by atoms with Crippen LogP contribution in [0.4, 0.5) is 0 Å². The number of esters is 1. The van der Waals surface area contributed by atoms with Crippen LogP contribution in [0, 0.1) is 6.92 Å². The number of carbonyl (C=O) groups is 2. The minimum absolute atomic E-state index is 0.0292. The molecule has 0 radical (unpaired) electrons. The molecule has 0 aliphatic heterocycles. The van der Waals surface area contributed by atoms with Crippen LogP contribution < -0.4 is 0 Å². The van der Waals surface area contributed by atoms with Crippen molar-refractivity contribution in [2.75, 3.05) is 40.5 Å². The van der Waals surface area contributed by atoms with E-state index in [1.807, 2.05) is 60.4 Å². The summed E-state index contributed by atoms with van der Waals surface area (Å²) in [7, 11) is 3.04. The summed E-state index contributed by atoms with van der Waals surface area (Å²) >= 11 is 0. The fraction of sp³-hybridized carbons (Fsp3) is 0.379. The van der Waals surface area contributed by atoms with Crippen LogP contribution in [0.25, 0.3) is 0 Å². The molecule has 0 saturated heterocycles. The second-order valence-electron chi connectivity index (χ2n) is 8.81. The molecule has 7 nitrogen and oxygen atoms in total. The fourth-order valence-corrected chi connectivity index (χ4v) is 4.07. The first kappa shape index (κ1) is 27.2. The Balaban J connectivity index is 1.73. The predicted octanol–water partition coefficient (Wildman–Crippen LogP) is 4.48. The van der Waals surface area contributed by atoms with Crippen LogP contribution >= 0.6 is 0 Å². The lowest BCUT2D eigenvalue weighted by atomic mass is 10.1. The Bertz CT molecular complexity index is 1100. The molecule has 1 amide bonds. The second-order valence-corrected chi connectivity index (χ2v) is 8.81. The molecule has 0 bridgehead atoms. The summed E-state index contributed by atoms with van der Waals surface area (Å²) in [4.78, 5) is 29.5. The zero-order chi connectivity index (χ0) is 25.8. The molecule has 0 N–H and O–H groups in total. The Morgan fingerprint density at radius 3 is 2.36 bits per heavy atom. The van der Waals surface area contributed by atoms with E-state index in [1.54, 1.807) is 13.2 Å². The van der Waals surface area contributed by atoms with E-state index in [0.717, 1.165) is 29.9 Å². The van der Waals surface area contributed by atoms with Crippen molar-refractivity contribution < 1.29 is 23.5 Å². The summed E-state index contributed by atoms with van der Waals surface area (Å²) < 4.78 is 15.9. The van der Waals surface area contributed by atoms with Crippen LogP contribution in [-0.2, 0) is 33.8 Å². The number of hydrogen-bond acceptors (Lipinski definition) is 6. The lowest BCUT2D eigenvalue weighted by molar-refractivity contribution is -0.133. The third kappa shape index (κ3) is 8.66. The van der Waals surface area contributed by atoms with E-state index in [4.69, 9.17) is 13.9 Å². The Morgan fingerprint density at radius 2 is 1.67 bits per heavy atom. The Kier molecular flexibility index (Phi) is 10.7. The van der Waals surface area contributed by atoms with Gasteiger partial charge in [-0.3, -0.25) is 9.69 Å². The number of hydrogen-bond donors (Lipinski definition) is 0. The van der Waals surface area contributed by atoms with Crippen LogP contribution in [0.3, 0.4) is 0 Å². The van der Waals surface area contributed by atoms with E-state index in [-0.39, 0.29) is 18.4 Å². The number of carbonyl (C=O) groups excluding carboxylic acids is 2. The van der Waals surface area contributed by atoms with Crippen LogP contribution in [0.15, 0.2) is 71.1 Å². The number of benzene rings is 2. The van der Waals surface area contributed by atoms with Crippen LogP contribution in [0.2, 0.25) is 0 Å². The highest BCUT2D eigenvalue weighted by molar-refractivity contribution is 5.89. The molecule has 1 heterocycles. The van der Waals surface area contributed by atoms with Gasteiger partial charge < -0.3 is 18.8 Å². The summed E-state index contributed by atoms with van der Waals surface area (Å²) in [6.07, 6.45) is 1.55. The zero-order valence-electron chi connectivity index (χ0n) is 21.4. The van der Waals surface area contributed by atoms with E-state index >= 15 is 0 Å². The molecule has 1 aromatic heterocycles. The predicted molar refractivity (Wildman–Crippen MR) is 139 cm³/mol. The molecule has 0 atom stereocenters. The molecule has 0 fully saturated rings. The molecule has 3 aromatic rings. The highest BCUT2D eigenvalue weighted by atomic mass is 16.5. The second kappa shape index (κ2) is 14.2. The largest absolute Gasteiger partial charge is 0.465 e. The van der Waals surface area contributed by atoms with Gasteiger partial charge in [0.15, 0.2) is 0 Å². The molecular formula is C29H36N2O5. The fourth-order valence-electron chi connectivity index (χ4n) is 4.07. The maximum absolute atomic E-state index is 13.6. The lowest BCUT2D eigenvalue weighted by Crippen LogP contribution is -2.41. The first-order valence-corrected chi connectivity index (χ1v) is 12.2. The summed E-state index contributed by atoms with van der Waals surface area (Å²) in [5, 5.41) is 0. The molecule has 0 aliphatic rings. The molecule has 2 aromatic carbocycles.